The smallest absolute Gasteiger partial charge is 0.223 e. The van der Waals surface area contributed by atoms with E-state index in [1.165, 1.54) is 5.56 Å². The fraction of sp³-hybridized carbons (Fsp3) is 0.619. The highest BCUT2D eigenvalue weighted by molar-refractivity contribution is 5.80. The van der Waals surface area contributed by atoms with Gasteiger partial charge in [0.05, 0.1) is 12.7 Å². The molecule has 6 heteroatoms. The Morgan fingerprint density at radius 3 is 2.56 bits per heavy atom. The van der Waals surface area contributed by atoms with E-state index in [0.717, 1.165) is 39.0 Å². The van der Waals surface area contributed by atoms with Gasteiger partial charge in [-0.05, 0) is 24.8 Å². The number of hydrogen-bond acceptors (Lipinski definition) is 4. The highest BCUT2D eigenvalue weighted by Crippen LogP contribution is 2.30. The first kappa shape index (κ1) is 18.4. The van der Waals surface area contributed by atoms with Crippen molar-refractivity contribution in [3.63, 3.8) is 0 Å². The monoisotopic (exact) mass is 371 g/mol. The third kappa shape index (κ3) is 4.17. The normalized spacial score (nSPS) is 29.4. The molecule has 0 spiro atoms. The van der Waals surface area contributed by atoms with Gasteiger partial charge in [-0.2, -0.15) is 0 Å². The third-order valence-corrected chi connectivity index (χ3v) is 6.25. The van der Waals surface area contributed by atoms with Gasteiger partial charge >= 0.3 is 0 Å². The number of morpholine rings is 1. The predicted octanol–water partition coefficient (Wildman–Crippen LogP) is 1.58. The Hall–Kier alpha value is -1.92. The lowest BCUT2D eigenvalue weighted by Crippen LogP contribution is -2.46. The molecule has 3 aliphatic rings. The van der Waals surface area contributed by atoms with Crippen molar-refractivity contribution in [2.45, 2.75) is 44.4 Å². The number of carbonyl (C=O) groups is 2. The van der Waals surface area contributed by atoms with Crippen LogP contribution < -0.4 is 5.32 Å². The van der Waals surface area contributed by atoms with Crippen LogP contribution in [0, 0.1) is 5.92 Å². The number of fused-ring (bicyclic) bond motifs is 1. The third-order valence-electron chi connectivity index (χ3n) is 6.25. The van der Waals surface area contributed by atoms with Gasteiger partial charge in [0.1, 0.15) is 0 Å². The van der Waals surface area contributed by atoms with Gasteiger partial charge in [0, 0.05) is 51.1 Å². The molecule has 0 radical (unpaired) electrons. The number of ether oxygens (including phenoxy) is 1. The molecule has 146 valence electrons. The fourth-order valence-corrected chi connectivity index (χ4v) is 4.62. The highest BCUT2D eigenvalue weighted by Gasteiger charge is 2.39. The number of carbonyl (C=O) groups excluding carboxylic acids is 2. The molecule has 0 aromatic heterocycles. The average Bonchev–Trinajstić information content (AvgIpc) is 3.10. The van der Waals surface area contributed by atoms with E-state index in [9.17, 15) is 9.59 Å². The molecule has 3 saturated heterocycles. The molecule has 6 nitrogen and oxygen atoms in total. The molecule has 3 atom stereocenters. The average molecular weight is 371 g/mol. The number of likely N-dealkylation sites (tertiary alicyclic amines) is 1. The van der Waals surface area contributed by atoms with Crippen LogP contribution in [0.4, 0.5) is 0 Å². The molecule has 2 amide bonds. The summed E-state index contributed by atoms with van der Waals surface area (Å²) in [5.74, 6) is 0.296. The molecule has 0 bridgehead atoms. The molecule has 3 fully saturated rings. The lowest BCUT2D eigenvalue weighted by molar-refractivity contribution is -0.134. The van der Waals surface area contributed by atoms with E-state index in [2.05, 4.69) is 34.5 Å². The van der Waals surface area contributed by atoms with Gasteiger partial charge in [-0.1, -0.05) is 30.3 Å². The van der Waals surface area contributed by atoms with Gasteiger partial charge in [-0.15, -0.1) is 0 Å². The maximum absolute atomic E-state index is 12.7. The Bertz CT molecular complexity index is 673. The minimum atomic E-state index is 0.0338. The fourth-order valence-electron chi connectivity index (χ4n) is 4.62. The number of benzene rings is 1. The summed E-state index contributed by atoms with van der Waals surface area (Å²) in [6, 6.07) is 11.0. The van der Waals surface area contributed by atoms with Gasteiger partial charge in [0.15, 0.2) is 0 Å². The second-order valence-electron chi connectivity index (χ2n) is 8.06. The highest BCUT2D eigenvalue weighted by atomic mass is 16.5. The summed E-state index contributed by atoms with van der Waals surface area (Å²) in [6.07, 6.45) is 2.61. The van der Waals surface area contributed by atoms with Crippen LogP contribution in [0.25, 0.3) is 0 Å². The van der Waals surface area contributed by atoms with Crippen LogP contribution in [-0.4, -0.2) is 66.5 Å². The van der Waals surface area contributed by atoms with Crippen LogP contribution in [0.2, 0.25) is 0 Å². The van der Waals surface area contributed by atoms with E-state index >= 15 is 0 Å². The Morgan fingerprint density at radius 1 is 1.11 bits per heavy atom. The molecule has 1 aromatic rings. The van der Waals surface area contributed by atoms with E-state index in [4.69, 9.17) is 4.74 Å². The number of hydrogen-bond donors (Lipinski definition) is 1. The Labute approximate surface area is 160 Å². The van der Waals surface area contributed by atoms with Gasteiger partial charge in [0.25, 0.3) is 0 Å². The lowest BCUT2D eigenvalue weighted by Gasteiger charge is -2.35. The number of amides is 2. The summed E-state index contributed by atoms with van der Waals surface area (Å²) in [5, 5.41) is 3.26. The zero-order valence-electron chi connectivity index (χ0n) is 16.0. The minimum absolute atomic E-state index is 0.0338. The molecule has 3 aliphatic heterocycles. The molecule has 27 heavy (non-hydrogen) atoms. The molecule has 0 aliphatic carbocycles. The first-order valence-corrected chi connectivity index (χ1v) is 10.1. The van der Waals surface area contributed by atoms with Crippen molar-refractivity contribution < 1.29 is 14.3 Å². The predicted molar refractivity (Wildman–Crippen MR) is 102 cm³/mol. The van der Waals surface area contributed by atoms with Gasteiger partial charge in [-0.3, -0.25) is 14.5 Å². The first-order chi connectivity index (χ1) is 13.1. The van der Waals surface area contributed by atoms with E-state index in [-0.39, 0.29) is 29.9 Å². The molecular weight excluding hydrogens is 342 g/mol. The summed E-state index contributed by atoms with van der Waals surface area (Å²) < 4.78 is 6.09. The molecule has 1 aromatic carbocycles. The second-order valence-corrected chi connectivity index (χ2v) is 8.06. The van der Waals surface area contributed by atoms with E-state index in [1.54, 1.807) is 6.92 Å². The van der Waals surface area contributed by atoms with E-state index in [0.29, 0.717) is 19.1 Å². The summed E-state index contributed by atoms with van der Waals surface area (Å²) in [6.45, 7) is 5.50. The standard InChI is InChI=1S/C21H29N3O3/c1-15(25)23-9-7-17(8-10-23)21(26)22-18-11-19-14-27-20(13-24(19)12-18)16-5-3-2-4-6-16/h2-6,17-20H,7-14H2,1H3,(H,22,26)/t18-,19+,20-/m1/s1. The minimum Gasteiger partial charge on any atom is -0.371 e. The SMILES string of the molecule is CC(=O)N1CCC(C(=O)N[C@@H]2C[C@H]3CO[C@@H](c4ccccc4)CN3C2)CC1. The summed E-state index contributed by atoms with van der Waals surface area (Å²) >= 11 is 0. The summed E-state index contributed by atoms with van der Waals surface area (Å²) in [4.78, 5) is 28.4. The molecule has 3 heterocycles. The Morgan fingerprint density at radius 2 is 1.85 bits per heavy atom. The number of piperidine rings is 1. The van der Waals surface area contributed by atoms with Gasteiger partial charge in [-0.25, -0.2) is 0 Å². The zero-order valence-corrected chi connectivity index (χ0v) is 16.0. The van der Waals surface area contributed by atoms with Crippen molar-refractivity contribution in [3.05, 3.63) is 35.9 Å². The van der Waals surface area contributed by atoms with Gasteiger partial charge in [0.2, 0.25) is 11.8 Å². The van der Waals surface area contributed by atoms with Crippen molar-refractivity contribution in [1.29, 1.82) is 0 Å². The van der Waals surface area contributed by atoms with Crippen LogP contribution in [-0.2, 0) is 14.3 Å². The van der Waals surface area contributed by atoms with Crippen LogP contribution >= 0.6 is 0 Å². The quantitative estimate of drug-likeness (QED) is 0.876. The zero-order chi connectivity index (χ0) is 18.8. The topological polar surface area (TPSA) is 61.9 Å². The van der Waals surface area contributed by atoms with Crippen molar-refractivity contribution in [3.8, 4) is 0 Å². The van der Waals surface area contributed by atoms with Crippen LogP contribution in [0.5, 0.6) is 0 Å². The van der Waals surface area contributed by atoms with Crippen LogP contribution in [0.3, 0.4) is 0 Å². The van der Waals surface area contributed by atoms with Gasteiger partial charge < -0.3 is 15.0 Å². The Balaban J connectivity index is 1.27. The lowest BCUT2D eigenvalue weighted by atomic mass is 9.95. The first-order valence-electron chi connectivity index (χ1n) is 10.1. The van der Waals surface area contributed by atoms with Crippen molar-refractivity contribution >= 4 is 11.8 Å². The van der Waals surface area contributed by atoms with E-state index < -0.39 is 0 Å². The molecular formula is C21H29N3O3. The van der Waals surface area contributed by atoms with Crippen molar-refractivity contribution in [2.24, 2.45) is 5.92 Å². The van der Waals surface area contributed by atoms with E-state index in [1.807, 2.05) is 11.0 Å². The molecule has 4 rings (SSSR count). The maximum Gasteiger partial charge on any atom is 0.223 e. The van der Waals surface area contributed by atoms with Crippen molar-refractivity contribution in [2.75, 3.05) is 32.8 Å². The van der Waals surface area contributed by atoms with Crippen LogP contribution in [0.15, 0.2) is 30.3 Å². The number of nitrogens with one attached hydrogen (secondary N) is 1. The molecule has 0 unspecified atom stereocenters. The Kier molecular flexibility index (Phi) is 5.45. The number of nitrogens with zero attached hydrogens (tertiary/aromatic N) is 2. The second kappa shape index (κ2) is 7.98. The summed E-state index contributed by atoms with van der Waals surface area (Å²) in [7, 11) is 0. The largest absolute Gasteiger partial charge is 0.371 e. The van der Waals surface area contributed by atoms with Crippen LogP contribution in [0.1, 0.15) is 37.9 Å². The maximum atomic E-state index is 12.7. The van der Waals surface area contributed by atoms with Crippen molar-refractivity contribution in [1.82, 2.24) is 15.1 Å². The summed E-state index contributed by atoms with van der Waals surface area (Å²) in [5.41, 5.74) is 1.22. The number of rotatable bonds is 3. The molecule has 0 saturated carbocycles. The molecule has 1 N–H and O–H groups in total.